The summed E-state index contributed by atoms with van der Waals surface area (Å²) in [6, 6.07) is 4.58. The molecule has 0 spiro atoms. The summed E-state index contributed by atoms with van der Waals surface area (Å²) in [4.78, 5) is 16.1. The number of hydrogen-bond donors (Lipinski definition) is 4. The number of nitrogens with one attached hydrogen (secondary N) is 3. The van der Waals surface area contributed by atoms with E-state index in [4.69, 9.17) is 0 Å². The van der Waals surface area contributed by atoms with E-state index in [1.54, 1.807) is 6.07 Å². The van der Waals surface area contributed by atoms with Crippen LogP contribution in [0.25, 0.3) is 0 Å². The molecule has 2 heterocycles. The van der Waals surface area contributed by atoms with Gasteiger partial charge in [-0.1, -0.05) is 32.6 Å². The third kappa shape index (κ3) is 6.66. The van der Waals surface area contributed by atoms with Crippen LogP contribution in [0.5, 0.6) is 5.75 Å². The second-order valence-electron chi connectivity index (χ2n) is 9.14. The maximum atomic E-state index is 13.8. The Morgan fingerprint density at radius 1 is 0.939 bits per heavy atom. The predicted octanol–water partition coefficient (Wildman–Crippen LogP) is 4.74. The minimum Gasteiger partial charge on any atom is -0.505 e. The van der Waals surface area contributed by atoms with Crippen molar-refractivity contribution in [1.29, 1.82) is 0 Å². The maximum Gasteiger partial charge on any atom is 0.233 e. The molecule has 1 aromatic heterocycles. The van der Waals surface area contributed by atoms with Gasteiger partial charge >= 0.3 is 0 Å². The number of phenolic OH excluding ortho intramolecular Hbond substituents is 1. The Labute approximate surface area is 195 Å². The predicted molar refractivity (Wildman–Crippen MR) is 130 cm³/mol. The minimum absolute atomic E-state index is 0.333. The number of likely N-dealkylation sites (N-methyl/N-ethyl adjacent to an activating group) is 1. The van der Waals surface area contributed by atoms with E-state index in [-0.39, 0.29) is 5.75 Å². The summed E-state index contributed by atoms with van der Waals surface area (Å²) >= 11 is 0. The van der Waals surface area contributed by atoms with Gasteiger partial charge in [-0.05, 0) is 56.8 Å². The summed E-state index contributed by atoms with van der Waals surface area (Å²) in [5.74, 6) is 0.895. The van der Waals surface area contributed by atoms with Crippen molar-refractivity contribution in [2.45, 2.75) is 64.3 Å². The Kier molecular flexibility index (Phi) is 8.15. The van der Waals surface area contributed by atoms with Crippen LogP contribution in [0, 0.1) is 11.7 Å². The quantitative estimate of drug-likeness (QED) is 0.401. The molecule has 2 aliphatic rings. The number of rotatable bonds is 9. The molecule has 1 unspecified atom stereocenters. The molecule has 4 N–H and O–H groups in total. The molecule has 1 atom stereocenters. The van der Waals surface area contributed by atoms with Crippen LogP contribution in [-0.2, 0) is 0 Å². The molecule has 33 heavy (non-hydrogen) atoms. The number of hydrogen-bond acceptors (Lipinski definition) is 8. The first-order chi connectivity index (χ1) is 16.1. The number of nitrogens with zero attached hydrogens (tertiary/aromatic N) is 4. The summed E-state index contributed by atoms with van der Waals surface area (Å²) in [5.41, 5.74) is 0.463. The molecule has 2 fully saturated rings. The average molecular weight is 458 g/mol. The zero-order chi connectivity index (χ0) is 23.0. The topological polar surface area (TPSA) is 98.2 Å². The Hall–Kier alpha value is -2.68. The van der Waals surface area contributed by atoms with E-state index >= 15 is 0 Å². The highest BCUT2D eigenvalue weighted by atomic mass is 19.1. The molecule has 1 aliphatic heterocycles. The lowest BCUT2D eigenvalue weighted by molar-refractivity contribution is 0.164. The molecule has 9 heteroatoms. The van der Waals surface area contributed by atoms with Crippen molar-refractivity contribution in [3.8, 4) is 5.75 Å². The molecule has 1 saturated carbocycles. The number of anilines is 4. The number of aromatic hydroxyl groups is 1. The van der Waals surface area contributed by atoms with Crippen molar-refractivity contribution in [2.75, 3.05) is 42.1 Å². The number of likely N-dealkylation sites (tertiary alicyclic amines) is 1. The molecular weight excluding hydrogens is 421 g/mol. The molecule has 0 amide bonds. The molecule has 8 nitrogen and oxygen atoms in total. The molecule has 1 saturated heterocycles. The second kappa shape index (κ2) is 11.4. The van der Waals surface area contributed by atoms with Crippen LogP contribution in [0.2, 0.25) is 0 Å². The van der Waals surface area contributed by atoms with E-state index in [0.717, 1.165) is 32.6 Å². The van der Waals surface area contributed by atoms with Gasteiger partial charge < -0.3 is 21.1 Å². The number of piperidine rings is 1. The van der Waals surface area contributed by atoms with Crippen LogP contribution in [0.4, 0.5) is 27.9 Å². The van der Waals surface area contributed by atoms with Crippen molar-refractivity contribution in [3.05, 3.63) is 24.0 Å². The van der Waals surface area contributed by atoms with Crippen molar-refractivity contribution >= 4 is 23.5 Å². The molecule has 0 bridgehead atoms. The fourth-order valence-corrected chi connectivity index (χ4v) is 4.85. The Morgan fingerprint density at radius 2 is 1.64 bits per heavy atom. The summed E-state index contributed by atoms with van der Waals surface area (Å²) in [5, 5.41) is 19.3. The first kappa shape index (κ1) is 23.5. The van der Waals surface area contributed by atoms with Gasteiger partial charge in [0.15, 0.2) is 11.6 Å². The maximum absolute atomic E-state index is 13.8. The molecule has 180 valence electrons. The first-order valence-corrected chi connectivity index (χ1v) is 12.3. The van der Waals surface area contributed by atoms with Crippen LogP contribution in [-0.4, -0.2) is 57.2 Å². The molecular formula is C24H36FN7O. The fraction of sp³-hybridized carbons (Fsp3) is 0.625. The van der Waals surface area contributed by atoms with E-state index in [1.165, 1.54) is 57.1 Å². The summed E-state index contributed by atoms with van der Waals surface area (Å²) in [6.07, 6.45) is 10.0. The number of benzene rings is 1. The fourth-order valence-electron chi connectivity index (χ4n) is 4.85. The van der Waals surface area contributed by atoms with Gasteiger partial charge in [-0.15, -0.1) is 0 Å². The van der Waals surface area contributed by atoms with Gasteiger partial charge in [-0.25, -0.2) is 4.39 Å². The van der Waals surface area contributed by atoms with E-state index in [9.17, 15) is 9.50 Å². The number of halogens is 1. The molecule has 1 aromatic carbocycles. The summed E-state index contributed by atoms with van der Waals surface area (Å²) in [7, 11) is 0. The van der Waals surface area contributed by atoms with Gasteiger partial charge in [0, 0.05) is 30.9 Å². The average Bonchev–Trinajstić information content (AvgIpc) is 2.84. The van der Waals surface area contributed by atoms with Crippen molar-refractivity contribution < 1.29 is 9.50 Å². The highest BCUT2D eigenvalue weighted by molar-refractivity contribution is 5.57. The number of aromatic nitrogens is 3. The van der Waals surface area contributed by atoms with Gasteiger partial charge in [-0.2, -0.15) is 15.0 Å². The lowest BCUT2D eigenvalue weighted by Gasteiger charge is -2.34. The van der Waals surface area contributed by atoms with Gasteiger partial charge in [0.2, 0.25) is 17.8 Å². The third-order valence-corrected chi connectivity index (χ3v) is 6.76. The van der Waals surface area contributed by atoms with Gasteiger partial charge in [0.1, 0.15) is 0 Å². The lowest BCUT2D eigenvalue weighted by Crippen LogP contribution is -2.43. The van der Waals surface area contributed by atoms with E-state index in [0.29, 0.717) is 35.5 Å². The summed E-state index contributed by atoms with van der Waals surface area (Å²) in [6.45, 7) is 5.98. The number of phenols is 1. The Bertz CT molecular complexity index is 906. The van der Waals surface area contributed by atoms with Crippen molar-refractivity contribution in [1.82, 2.24) is 19.9 Å². The molecule has 0 radical (unpaired) electrons. The monoisotopic (exact) mass is 457 g/mol. The van der Waals surface area contributed by atoms with Crippen LogP contribution >= 0.6 is 0 Å². The standard InChI is InChI=1S/C24H36FN7O/c1-2-32-13-7-6-10-19(32)16-27-23-29-22(26-15-17-8-4-3-5-9-17)30-24(31-23)28-18-11-12-21(33)20(25)14-18/h11-12,14,17,19,33H,2-10,13,15-16H2,1H3,(H3,26,27,28,29,30,31). The van der Waals surface area contributed by atoms with Crippen molar-refractivity contribution in [3.63, 3.8) is 0 Å². The van der Waals surface area contributed by atoms with E-state index < -0.39 is 5.82 Å². The molecule has 2 aromatic rings. The molecule has 4 rings (SSSR count). The van der Waals surface area contributed by atoms with Gasteiger partial charge in [-0.3, -0.25) is 4.90 Å². The summed E-state index contributed by atoms with van der Waals surface area (Å²) < 4.78 is 13.8. The zero-order valence-corrected chi connectivity index (χ0v) is 19.5. The van der Waals surface area contributed by atoms with Crippen LogP contribution in [0.1, 0.15) is 58.3 Å². The Balaban J connectivity index is 1.48. The van der Waals surface area contributed by atoms with Crippen molar-refractivity contribution in [2.24, 2.45) is 5.92 Å². The normalized spacial score (nSPS) is 19.9. The van der Waals surface area contributed by atoms with E-state index in [1.807, 2.05) is 0 Å². The van der Waals surface area contributed by atoms with Crippen LogP contribution in [0.15, 0.2) is 18.2 Å². The lowest BCUT2D eigenvalue weighted by atomic mass is 9.89. The molecule has 1 aliphatic carbocycles. The van der Waals surface area contributed by atoms with Crippen LogP contribution < -0.4 is 16.0 Å². The van der Waals surface area contributed by atoms with Gasteiger partial charge in [0.05, 0.1) is 0 Å². The third-order valence-electron chi connectivity index (χ3n) is 6.76. The Morgan fingerprint density at radius 3 is 2.36 bits per heavy atom. The zero-order valence-electron chi connectivity index (χ0n) is 19.5. The minimum atomic E-state index is -0.694. The van der Waals surface area contributed by atoms with Crippen LogP contribution in [0.3, 0.4) is 0 Å². The van der Waals surface area contributed by atoms with Gasteiger partial charge in [0.25, 0.3) is 0 Å². The highest BCUT2D eigenvalue weighted by Crippen LogP contribution is 2.25. The first-order valence-electron chi connectivity index (χ1n) is 12.3. The second-order valence-corrected chi connectivity index (χ2v) is 9.14. The largest absolute Gasteiger partial charge is 0.505 e. The smallest absolute Gasteiger partial charge is 0.233 e. The van der Waals surface area contributed by atoms with E-state index in [2.05, 4.69) is 42.7 Å². The SMILES string of the molecule is CCN1CCCCC1CNc1nc(NCC2CCCCC2)nc(Nc2ccc(O)c(F)c2)n1. The highest BCUT2D eigenvalue weighted by Gasteiger charge is 2.21.